The third-order valence-corrected chi connectivity index (χ3v) is 8.17. The maximum absolute atomic E-state index is 13.1. The maximum atomic E-state index is 13.1. The number of carbonyl (C=O) groups excluding carboxylic acids is 1. The van der Waals surface area contributed by atoms with E-state index in [0.29, 0.717) is 11.6 Å². The first-order chi connectivity index (χ1) is 17.5. The summed E-state index contributed by atoms with van der Waals surface area (Å²) in [4.78, 5) is 20.3. The summed E-state index contributed by atoms with van der Waals surface area (Å²) in [5.74, 6) is 0.00595. The number of aromatic nitrogens is 3. The van der Waals surface area contributed by atoms with E-state index >= 15 is 0 Å². The van der Waals surface area contributed by atoms with Crippen molar-refractivity contribution in [2.75, 3.05) is 26.3 Å². The molecule has 0 bridgehead atoms. The molecule has 0 unspecified atom stereocenters. The van der Waals surface area contributed by atoms with E-state index in [1.165, 1.54) is 0 Å². The molecule has 1 aromatic carbocycles. The summed E-state index contributed by atoms with van der Waals surface area (Å²) in [7, 11) is 0. The van der Waals surface area contributed by atoms with Crippen LogP contribution in [-0.2, 0) is 16.6 Å². The Kier molecular flexibility index (Phi) is 7.33. The molecule has 36 heavy (non-hydrogen) atoms. The predicted molar refractivity (Wildman–Crippen MR) is 140 cm³/mol. The number of halogens is 1. The van der Waals surface area contributed by atoms with Crippen molar-refractivity contribution in [3.8, 4) is 11.8 Å². The molecule has 2 aromatic heterocycles. The molecule has 0 radical (unpaired) electrons. The minimum Gasteiger partial charge on any atom is -0.379 e. The van der Waals surface area contributed by atoms with Crippen molar-refractivity contribution in [3.05, 3.63) is 75.8 Å². The van der Waals surface area contributed by atoms with E-state index in [1.54, 1.807) is 17.1 Å². The van der Waals surface area contributed by atoms with Crippen molar-refractivity contribution in [3.63, 3.8) is 0 Å². The molecule has 2 fully saturated rings. The van der Waals surface area contributed by atoms with E-state index in [2.05, 4.69) is 37.0 Å². The Balaban J connectivity index is 1.25. The van der Waals surface area contributed by atoms with Gasteiger partial charge in [0.25, 0.3) is 0 Å². The third kappa shape index (κ3) is 5.01. The minimum atomic E-state index is -0.548. The number of hydrogen-bond acceptors (Lipinski definition) is 6. The third-order valence-electron chi connectivity index (χ3n) is 7.65. The molecule has 1 aliphatic carbocycles. The van der Waals surface area contributed by atoms with Crippen molar-refractivity contribution in [1.82, 2.24) is 19.7 Å². The second-order valence-electron chi connectivity index (χ2n) is 9.76. The van der Waals surface area contributed by atoms with Crippen LogP contribution in [-0.4, -0.2) is 57.8 Å². The van der Waals surface area contributed by atoms with Crippen LogP contribution < -0.4 is 0 Å². The number of nitriles is 1. The van der Waals surface area contributed by atoms with E-state index < -0.39 is 5.41 Å². The molecule has 1 saturated carbocycles. The van der Waals surface area contributed by atoms with E-state index in [-0.39, 0.29) is 12.2 Å². The van der Waals surface area contributed by atoms with Gasteiger partial charge in [-0.25, -0.2) is 4.68 Å². The van der Waals surface area contributed by atoms with Crippen LogP contribution in [0.15, 0.2) is 53.3 Å². The van der Waals surface area contributed by atoms with Crippen molar-refractivity contribution < 1.29 is 9.53 Å². The zero-order chi connectivity index (χ0) is 25.1. The van der Waals surface area contributed by atoms with Crippen LogP contribution in [0.4, 0.5) is 0 Å². The van der Waals surface area contributed by atoms with Crippen LogP contribution in [0, 0.1) is 18.3 Å². The normalized spacial score (nSPS) is 22.8. The second-order valence-corrected chi connectivity index (χ2v) is 10.7. The van der Waals surface area contributed by atoms with Crippen LogP contribution in [0.3, 0.4) is 0 Å². The van der Waals surface area contributed by atoms with Crippen LogP contribution in [0.2, 0.25) is 0 Å². The van der Waals surface area contributed by atoms with Crippen molar-refractivity contribution in [2.24, 2.45) is 0 Å². The topological polar surface area (TPSA) is 84.0 Å². The van der Waals surface area contributed by atoms with E-state index in [9.17, 15) is 10.1 Å². The highest BCUT2D eigenvalue weighted by molar-refractivity contribution is 9.10. The number of ketones is 1. The Labute approximate surface area is 220 Å². The number of Topliss-reactive ketones (excluding diaryl/α,β-unsaturated/α-hetero) is 1. The predicted octanol–water partition coefficient (Wildman–Crippen LogP) is 4.80. The molecule has 2 aliphatic rings. The van der Waals surface area contributed by atoms with Gasteiger partial charge in [-0.15, -0.1) is 0 Å². The quantitative estimate of drug-likeness (QED) is 0.412. The fourth-order valence-corrected chi connectivity index (χ4v) is 5.71. The minimum absolute atomic E-state index is 0.00595. The highest BCUT2D eigenvalue weighted by atomic mass is 79.9. The van der Waals surface area contributed by atoms with Gasteiger partial charge in [-0.1, -0.05) is 22.0 Å². The Morgan fingerprint density at radius 2 is 1.86 bits per heavy atom. The summed E-state index contributed by atoms with van der Waals surface area (Å²) in [6, 6.07) is 14.8. The van der Waals surface area contributed by atoms with Gasteiger partial charge in [-0.2, -0.15) is 10.4 Å². The molecule has 8 heteroatoms. The lowest BCUT2D eigenvalue weighted by Crippen LogP contribution is -2.47. The zero-order valence-electron chi connectivity index (χ0n) is 20.5. The summed E-state index contributed by atoms with van der Waals surface area (Å²) in [5.41, 5.74) is 3.44. The number of ether oxygens (including phenoxy) is 1. The number of pyridine rings is 1. The van der Waals surface area contributed by atoms with Gasteiger partial charge >= 0.3 is 0 Å². The molecular weight excluding hydrogens is 518 g/mol. The van der Waals surface area contributed by atoms with Gasteiger partial charge in [0, 0.05) is 36.2 Å². The van der Waals surface area contributed by atoms with Gasteiger partial charge in [0.2, 0.25) is 0 Å². The lowest BCUT2D eigenvalue weighted by molar-refractivity contribution is 0.00493. The number of benzene rings is 1. The first kappa shape index (κ1) is 24.8. The number of carbonyl (C=O) groups is 1. The molecule has 3 heterocycles. The average Bonchev–Trinajstić information content (AvgIpc) is 3.31. The summed E-state index contributed by atoms with van der Waals surface area (Å²) in [6.45, 7) is 5.46. The maximum Gasteiger partial charge on any atom is 0.170 e. The Morgan fingerprint density at radius 1 is 1.14 bits per heavy atom. The lowest BCUT2D eigenvalue weighted by Gasteiger charge is -2.41. The molecule has 0 atom stereocenters. The molecule has 186 valence electrons. The van der Waals surface area contributed by atoms with E-state index in [0.717, 1.165) is 79.1 Å². The highest BCUT2D eigenvalue weighted by Crippen LogP contribution is 2.39. The first-order valence-corrected chi connectivity index (χ1v) is 13.3. The van der Waals surface area contributed by atoms with Gasteiger partial charge < -0.3 is 4.74 Å². The lowest BCUT2D eigenvalue weighted by atomic mass is 9.71. The van der Waals surface area contributed by atoms with Crippen molar-refractivity contribution in [2.45, 2.75) is 50.5 Å². The summed E-state index contributed by atoms with van der Waals surface area (Å²) in [5, 5.41) is 14.5. The number of hydrogen-bond donors (Lipinski definition) is 0. The van der Waals surface area contributed by atoms with Gasteiger partial charge in [-0.05, 0) is 68.5 Å². The Bertz CT molecular complexity index is 1250. The highest BCUT2D eigenvalue weighted by Gasteiger charge is 2.40. The molecule has 0 N–H and O–H groups in total. The molecule has 1 aliphatic heterocycles. The number of nitrogens with zero attached hydrogens (tertiary/aromatic N) is 5. The zero-order valence-corrected chi connectivity index (χ0v) is 22.1. The number of morpholine rings is 1. The van der Waals surface area contributed by atoms with Gasteiger partial charge in [0.05, 0.1) is 53.5 Å². The molecule has 0 spiro atoms. The van der Waals surface area contributed by atoms with Crippen LogP contribution in [0.1, 0.15) is 53.0 Å². The summed E-state index contributed by atoms with van der Waals surface area (Å²) in [6.07, 6.45) is 7.26. The van der Waals surface area contributed by atoms with Gasteiger partial charge in [0.15, 0.2) is 5.78 Å². The standard InChI is InChI=1S/C28H30BrN5O2/c1-20-25(18-32-34(20)24-5-3-22(29)4-6-24)26(35)16-21-2-7-27(31-17-21)28(19-30)10-8-23(9-11-28)33-12-14-36-15-13-33/h2-7,17-18,23H,8-16H2,1H3. The van der Waals surface area contributed by atoms with Gasteiger partial charge in [0.1, 0.15) is 0 Å². The first-order valence-electron chi connectivity index (χ1n) is 12.5. The molecule has 1 saturated heterocycles. The Hall–Kier alpha value is -2.86. The fourth-order valence-electron chi connectivity index (χ4n) is 5.45. The van der Waals surface area contributed by atoms with E-state index in [1.807, 2.05) is 43.3 Å². The number of rotatable bonds is 6. The van der Waals surface area contributed by atoms with E-state index in [4.69, 9.17) is 4.74 Å². The van der Waals surface area contributed by atoms with Gasteiger partial charge in [-0.3, -0.25) is 14.7 Å². The van der Waals surface area contributed by atoms with Crippen LogP contribution >= 0.6 is 15.9 Å². The van der Waals surface area contributed by atoms with Crippen LogP contribution in [0.25, 0.3) is 5.69 Å². The van der Waals surface area contributed by atoms with Crippen molar-refractivity contribution >= 4 is 21.7 Å². The second kappa shape index (κ2) is 10.6. The monoisotopic (exact) mass is 547 g/mol. The largest absolute Gasteiger partial charge is 0.379 e. The molecule has 3 aromatic rings. The Morgan fingerprint density at radius 3 is 2.50 bits per heavy atom. The molecule has 7 nitrogen and oxygen atoms in total. The van der Waals surface area contributed by atoms with Crippen LogP contribution in [0.5, 0.6) is 0 Å². The smallest absolute Gasteiger partial charge is 0.170 e. The summed E-state index contributed by atoms with van der Waals surface area (Å²) < 4.78 is 8.26. The molecular formula is C28H30BrN5O2. The SMILES string of the molecule is Cc1c(C(=O)Cc2ccc(C3(C#N)CCC(N4CCOCC4)CC3)nc2)cnn1-c1ccc(Br)cc1. The fraction of sp³-hybridized carbons (Fsp3) is 0.429. The average molecular weight is 548 g/mol. The summed E-state index contributed by atoms with van der Waals surface area (Å²) >= 11 is 3.45. The molecule has 5 rings (SSSR count). The molecule has 0 amide bonds. The van der Waals surface area contributed by atoms with Crippen molar-refractivity contribution in [1.29, 1.82) is 5.26 Å².